The summed E-state index contributed by atoms with van der Waals surface area (Å²) in [5.41, 5.74) is 6.34. The number of hydrogen-bond donors (Lipinski definition) is 1. The third kappa shape index (κ3) is 1.97. The number of piperidine rings is 1. The maximum atomic E-state index is 5.60. The fraction of sp³-hybridized carbons (Fsp3) is 0.545. The molecule has 0 amide bonds. The largest absolute Gasteiger partial charge is 0.397 e. The van der Waals surface area contributed by atoms with Crippen molar-refractivity contribution in [2.45, 2.75) is 19.8 Å². The van der Waals surface area contributed by atoms with E-state index in [1.54, 1.807) is 6.20 Å². The summed E-state index contributed by atoms with van der Waals surface area (Å²) in [5.74, 6) is 1.84. The molecule has 1 aliphatic rings. The van der Waals surface area contributed by atoms with Crippen molar-refractivity contribution < 1.29 is 0 Å². The van der Waals surface area contributed by atoms with Crippen molar-refractivity contribution in [3.63, 3.8) is 0 Å². The minimum atomic E-state index is 0.735. The molecule has 2 rings (SSSR count). The van der Waals surface area contributed by atoms with E-state index >= 15 is 0 Å². The van der Waals surface area contributed by atoms with E-state index in [-0.39, 0.29) is 0 Å². The predicted molar refractivity (Wildman–Crippen MR) is 59.3 cm³/mol. The van der Waals surface area contributed by atoms with E-state index in [0.29, 0.717) is 0 Å². The van der Waals surface area contributed by atoms with Crippen LogP contribution in [0.25, 0.3) is 0 Å². The fourth-order valence-electron chi connectivity index (χ4n) is 1.98. The smallest absolute Gasteiger partial charge is 0.128 e. The van der Waals surface area contributed by atoms with Crippen LogP contribution in [0.1, 0.15) is 19.8 Å². The van der Waals surface area contributed by atoms with Crippen LogP contribution in [-0.2, 0) is 0 Å². The fourth-order valence-corrected chi connectivity index (χ4v) is 1.98. The van der Waals surface area contributed by atoms with Crippen LogP contribution < -0.4 is 10.6 Å². The van der Waals surface area contributed by atoms with Crippen LogP contribution in [-0.4, -0.2) is 18.1 Å². The van der Waals surface area contributed by atoms with Crippen LogP contribution in [0.3, 0.4) is 0 Å². The average molecular weight is 191 g/mol. The molecule has 0 spiro atoms. The van der Waals surface area contributed by atoms with Crippen LogP contribution in [0.5, 0.6) is 0 Å². The van der Waals surface area contributed by atoms with E-state index in [1.165, 1.54) is 12.8 Å². The van der Waals surface area contributed by atoms with Crippen molar-refractivity contribution in [1.29, 1.82) is 0 Å². The minimum Gasteiger partial charge on any atom is -0.397 e. The molecule has 0 radical (unpaired) electrons. The van der Waals surface area contributed by atoms with Gasteiger partial charge in [-0.3, -0.25) is 0 Å². The predicted octanol–water partition coefficient (Wildman–Crippen LogP) is 1.90. The second kappa shape index (κ2) is 3.86. The Hall–Kier alpha value is -1.25. The summed E-state index contributed by atoms with van der Waals surface area (Å²) in [6.07, 6.45) is 4.34. The zero-order valence-corrected chi connectivity index (χ0v) is 8.61. The molecule has 0 unspecified atom stereocenters. The Kier molecular flexibility index (Phi) is 2.57. The first-order valence-electron chi connectivity index (χ1n) is 5.22. The van der Waals surface area contributed by atoms with Crippen molar-refractivity contribution in [1.82, 2.24) is 4.98 Å². The Balaban J connectivity index is 2.10. The molecule has 3 nitrogen and oxygen atoms in total. The van der Waals surface area contributed by atoms with Gasteiger partial charge in [0.1, 0.15) is 5.82 Å². The van der Waals surface area contributed by atoms with Gasteiger partial charge in [0.25, 0.3) is 0 Å². The Morgan fingerprint density at radius 1 is 1.50 bits per heavy atom. The molecule has 0 saturated carbocycles. The number of anilines is 2. The van der Waals surface area contributed by atoms with Crippen LogP contribution in [0, 0.1) is 5.92 Å². The van der Waals surface area contributed by atoms with Crippen LogP contribution in [0.4, 0.5) is 11.5 Å². The zero-order valence-electron chi connectivity index (χ0n) is 8.61. The highest BCUT2D eigenvalue weighted by molar-refractivity contribution is 5.45. The minimum absolute atomic E-state index is 0.735. The molecule has 1 aromatic heterocycles. The van der Waals surface area contributed by atoms with Crippen molar-refractivity contribution in [2.24, 2.45) is 5.92 Å². The number of nitrogens with two attached hydrogens (primary N) is 1. The molecule has 1 aromatic rings. The SMILES string of the molecule is C[C@@H]1CCCN(c2ccc(N)cn2)C1. The number of rotatable bonds is 1. The highest BCUT2D eigenvalue weighted by atomic mass is 15.2. The maximum Gasteiger partial charge on any atom is 0.128 e. The molecule has 1 fully saturated rings. The molecule has 76 valence electrons. The van der Waals surface area contributed by atoms with E-state index in [0.717, 1.165) is 30.5 Å². The number of pyridine rings is 1. The molecule has 2 N–H and O–H groups in total. The summed E-state index contributed by atoms with van der Waals surface area (Å²) in [6, 6.07) is 3.93. The summed E-state index contributed by atoms with van der Waals surface area (Å²) in [7, 11) is 0. The molecule has 0 aliphatic carbocycles. The third-order valence-electron chi connectivity index (χ3n) is 2.75. The topological polar surface area (TPSA) is 42.1 Å². The second-order valence-electron chi connectivity index (χ2n) is 4.14. The molecular weight excluding hydrogens is 174 g/mol. The van der Waals surface area contributed by atoms with Crippen LogP contribution in [0.15, 0.2) is 18.3 Å². The quantitative estimate of drug-likeness (QED) is 0.737. The Labute approximate surface area is 84.9 Å². The lowest BCUT2D eigenvalue weighted by atomic mass is 10.0. The van der Waals surface area contributed by atoms with Gasteiger partial charge in [-0.2, -0.15) is 0 Å². The molecule has 1 saturated heterocycles. The molecular formula is C11H17N3. The lowest BCUT2D eigenvalue weighted by molar-refractivity contribution is 0.444. The normalized spacial score (nSPS) is 22.4. The van der Waals surface area contributed by atoms with Gasteiger partial charge < -0.3 is 10.6 Å². The van der Waals surface area contributed by atoms with Gasteiger partial charge in [-0.1, -0.05) is 6.92 Å². The maximum absolute atomic E-state index is 5.60. The van der Waals surface area contributed by atoms with Gasteiger partial charge in [0, 0.05) is 13.1 Å². The summed E-state index contributed by atoms with van der Waals surface area (Å²) in [4.78, 5) is 6.68. The lowest BCUT2D eigenvalue weighted by Gasteiger charge is -2.31. The standard InChI is InChI=1S/C11H17N3/c1-9-3-2-6-14(8-9)11-5-4-10(12)7-13-11/h4-5,7,9H,2-3,6,8,12H2,1H3/t9-/m1/s1. The molecule has 0 aromatic carbocycles. The van der Waals surface area contributed by atoms with E-state index in [4.69, 9.17) is 5.73 Å². The van der Waals surface area contributed by atoms with Crippen molar-refractivity contribution in [3.05, 3.63) is 18.3 Å². The molecule has 14 heavy (non-hydrogen) atoms. The number of hydrogen-bond acceptors (Lipinski definition) is 3. The zero-order chi connectivity index (χ0) is 9.97. The number of aromatic nitrogens is 1. The average Bonchev–Trinajstić information content (AvgIpc) is 2.19. The van der Waals surface area contributed by atoms with Gasteiger partial charge in [-0.05, 0) is 30.9 Å². The van der Waals surface area contributed by atoms with Crippen molar-refractivity contribution in [3.8, 4) is 0 Å². The van der Waals surface area contributed by atoms with Crippen molar-refractivity contribution >= 4 is 11.5 Å². The number of nitrogen functional groups attached to an aromatic ring is 1. The van der Waals surface area contributed by atoms with E-state index in [1.807, 2.05) is 12.1 Å². The highest BCUT2D eigenvalue weighted by Gasteiger charge is 2.16. The Morgan fingerprint density at radius 2 is 2.36 bits per heavy atom. The van der Waals surface area contributed by atoms with E-state index in [2.05, 4.69) is 16.8 Å². The van der Waals surface area contributed by atoms with Crippen LogP contribution >= 0.6 is 0 Å². The number of nitrogens with zero attached hydrogens (tertiary/aromatic N) is 2. The molecule has 0 bridgehead atoms. The van der Waals surface area contributed by atoms with Gasteiger partial charge in [0.2, 0.25) is 0 Å². The Bertz CT molecular complexity index is 294. The summed E-state index contributed by atoms with van der Waals surface area (Å²) in [6.45, 7) is 4.54. The van der Waals surface area contributed by atoms with Gasteiger partial charge in [-0.15, -0.1) is 0 Å². The first-order chi connectivity index (χ1) is 6.75. The van der Waals surface area contributed by atoms with Gasteiger partial charge in [0.15, 0.2) is 0 Å². The van der Waals surface area contributed by atoms with E-state index in [9.17, 15) is 0 Å². The lowest BCUT2D eigenvalue weighted by Crippen LogP contribution is -2.34. The third-order valence-corrected chi connectivity index (χ3v) is 2.75. The van der Waals surface area contributed by atoms with Crippen molar-refractivity contribution in [2.75, 3.05) is 23.7 Å². The highest BCUT2D eigenvalue weighted by Crippen LogP contribution is 2.21. The summed E-state index contributed by atoms with van der Waals surface area (Å²) in [5, 5.41) is 0. The van der Waals surface area contributed by atoms with Gasteiger partial charge in [-0.25, -0.2) is 4.98 Å². The Morgan fingerprint density at radius 3 is 3.00 bits per heavy atom. The summed E-state index contributed by atoms with van der Waals surface area (Å²) >= 11 is 0. The first-order valence-corrected chi connectivity index (χ1v) is 5.22. The van der Waals surface area contributed by atoms with E-state index < -0.39 is 0 Å². The molecule has 2 heterocycles. The first kappa shape index (κ1) is 9.31. The van der Waals surface area contributed by atoms with Crippen LogP contribution in [0.2, 0.25) is 0 Å². The second-order valence-corrected chi connectivity index (χ2v) is 4.14. The van der Waals surface area contributed by atoms with Gasteiger partial charge >= 0.3 is 0 Å². The molecule has 1 aliphatic heterocycles. The van der Waals surface area contributed by atoms with Gasteiger partial charge in [0.05, 0.1) is 11.9 Å². The monoisotopic (exact) mass is 191 g/mol. The molecule has 1 atom stereocenters. The molecule has 3 heteroatoms. The summed E-state index contributed by atoms with van der Waals surface area (Å²) < 4.78 is 0.